The van der Waals surface area contributed by atoms with Crippen molar-refractivity contribution in [3.63, 3.8) is 0 Å². The number of amides is 5. The number of benzene rings is 2. The van der Waals surface area contributed by atoms with Crippen molar-refractivity contribution in [1.82, 2.24) is 20.9 Å². The lowest BCUT2D eigenvalue weighted by atomic mass is 9.88. The third-order valence-electron chi connectivity index (χ3n) is 7.48. The molecule has 2 saturated heterocycles. The van der Waals surface area contributed by atoms with Crippen molar-refractivity contribution in [2.45, 2.75) is 31.0 Å². The Labute approximate surface area is 218 Å². The van der Waals surface area contributed by atoms with Crippen LogP contribution in [-0.2, 0) is 32.0 Å². The fourth-order valence-electron chi connectivity index (χ4n) is 5.41. The number of hydrogen-bond acceptors (Lipinski definition) is 7. The summed E-state index contributed by atoms with van der Waals surface area (Å²) in [4.78, 5) is 64.0. The molecule has 11 nitrogen and oxygen atoms in total. The number of methoxy groups -OCH3 is 1. The molecule has 3 aliphatic rings. The Hall–Kier alpha value is -4.81. The molecule has 2 aromatic carbocycles. The first-order chi connectivity index (χ1) is 18.5. The summed E-state index contributed by atoms with van der Waals surface area (Å²) < 4.78 is 40.8. The van der Waals surface area contributed by atoms with Gasteiger partial charge in [0.05, 0.1) is 25.6 Å². The minimum atomic E-state index is -1.92. The number of fused-ring (bicyclic) bond motifs is 2. The summed E-state index contributed by atoms with van der Waals surface area (Å²) in [6.45, 7) is 0.906. The molecule has 3 N–H and O–H groups in total. The first-order valence-electron chi connectivity index (χ1n) is 11.8. The van der Waals surface area contributed by atoms with E-state index in [1.165, 1.54) is 43.2 Å². The van der Waals surface area contributed by atoms with Crippen LogP contribution < -0.4 is 20.7 Å². The monoisotopic (exact) mass is 538 g/mol. The second-order valence-electron chi connectivity index (χ2n) is 9.84. The van der Waals surface area contributed by atoms with Crippen LogP contribution >= 0.6 is 0 Å². The molecule has 3 aromatic rings. The highest BCUT2D eigenvalue weighted by molar-refractivity contribution is 6.11. The van der Waals surface area contributed by atoms with Gasteiger partial charge in [0.1, 0.15) is 22.7 Å². The van der Waals surface area contributed by atoms with Gasteiger partial charge in [0.15, 0.2) is 22.9 Å². The molecule has 2 fully saturated rings. The summed E-state index contributed by atoms with van der Waals surface area (Å²) in [6, 6.07) is 5.78. The maximum Gasteiger partial charge on any atom is 0.322 e. The summed E-state index contributed by atoms with van der Waals surface area (Å²) in [5.41, 5.74) is -3.46. The number of Topliss-reactive ketones (excluding diaryl/α,β-unsaturated/α-hetero) is 1. The van der Waals surface area contributed by atoms with E-state index in [1.54, 1.807) is 0 Å². The van der Waals surface area contributed by atoms with Crippen LogP contribution in [0.1, 0.15) is 40.6 Å². The van der Waals surface area contributed by atoms with Crippen molar-refractivity contribution in [3.05, 3.63) is 64.4 Å². The fraction of sp³-hybridized carbons (Fsp3) is 0.269. The number of ether oxygens (including phenoxy) is 1. The number of nitrogens with one attached hydrogen (secondary N) is 3. The molecule has 13 heteroatoms. The fourth-order valence-corrected chi connectivity index (χ4v) is 5.41. The molecule has 2 atom stereocenters. The Morgan fingerprint density at radius 1 is 1.08 bits per heavy atom. The highest BCUT2D eigenvalue weighted by Gasteiger charge is 2.53. The van der Waals surface area contributed by atoms with E-state index in [-0.39, 0.29) is 40.2 Å². The van der Waals surface area contributed by atoms with Gasteiger partial charge in [0.25, 0.3) is 11.8 Å². The first kappa shape index (κ1) is 24.5. The molecular formula is C26H20F2N4O7. The summed E-state index contributed by atoms with van der Waals surface area (Å²) in [5.74, 6) is -4.51. The van der Waals surface area contributed by atoms with Crippen molar-refractivity contribution in [3.8, 4) is 5.75 Å². The normalized spacial score (nSPS) is 24.3. The molecule has 6 rings (SSSR count). The van der Waals surface area contributed by atoms with Crippen LogP contribution in [-0.4, -0.2) is 48.1 Å². The van der Waals surface area contributed by atoms with Gasteiger partial charge in [-0.05, 0) is 30.7 Å². The van der Waals surface area contributed by atoms with Crippen LogP contribution in [0.2, 0.25) is 0 Å². The maximum absolute atomic E-state index is 15.2. The highest BCUT2D eigenvalue weighted by Crippen LogP contribution is 2.38. The van der Waals surface area contributed by atoms with Gasteiger partial charge in [-0.2, -0.15) is 0 Å². The van der Waals surface area contributed by atoms with E-state index in [9.17, 15) is 28.4 Å². The zero-order valence-corrected chi connectivity index (χ0v) is 20.6. The summed E-state index contributed by atoms with van der Waals surface area (Å²) >= 11 is 0. The molecule has 200 valence electrons. The number of imide groups is 1. The Bertz CT molecular complexity index is 1670. The van der Waals surface area contributed by atoms with E-state index in [2.05, 4.69) is 16.0 Å². The molecule has 0 aliphatic carbocycles. The summed E-state index contributed by atoms with van der Waals surface area (Å²) in [7, 11) is 1.27. The maximum atomic E-state index is 15.2. The summed E-state index contributed by atoms with van der Waals surface area (Å²) in [5, 5.41) is 7.40. The molecule has 3 aliphatic heterocycles. The van der Waals surface area contributed by atoms with Gasteiger partial charge in [-0.15, -0.1) is 0 Å². The number of nitrogens with zero attached hydrogens (tertiary/aromatic N) is 1. The number of ketones is 1. The Morgan fingerprint density at radius 3 is 2.49 bits per heavy atom. The second-order valence-corrected chi connectivity index (χ2v) is 9.84. The summed E-state index contributed by atoms with van der Waals surface area (Å²) in [6.07, 6.45) is -0.390. The molecule has 0 bridgehead atoms. The number of hydrogen-bond donors (Lipinski definition) is 3. The van der Waals surface area contributed by atoms with Gasteiger partial charge in [-0.3, -0.25) is 24.5 Å². The Balaban J connectivity index is 1.41. The van der Waals surface area contributed by atoms with Gasteiger partial charge in [0.2, 0.25) is 5.91 Å². The predicted molar refractivity (Wildman–Crippen MR) is 127 cm³/mol. The van der Waals surface area contributed by atoms with E-state index in [1.807, 2.05) is 0 Å². The highest BCUT2D eigenvalue weighted by atomic mass is 19.1. The number of carbonyl (C=O) groups excluding carboxylic acids is 5. The number of carbonyl (C=O) groups is 5. The van der Waals surface area contributed by atoms with Crippen LogP contribution in [0.3, 0.4) is 0 Å². The van der Waals surface area contributed by atoms with Crippen LogP contribution in [0.25, 0.3) is 11.0 Å². The standard InChI is InChI=1S/C26H20F2N4O7/c1-25(17(33)8-19(34)30-25)13-5-12-6-18(39-16(12)7-14(13)27)26(23(36)29-24(37)31-26)10-32-9-11-3-4-15(38-2)21(28)20(11)22(32)35/h3-7H,8-10H2,1-2H3,(H,30,34)(H2,29,31,36,37)/t25-,26?/m1/s1. The zero-order valence-electron chi connectivity index (χ0n) is 20.6. The lowest BCUT2D eigenvalue weighted by Gasteiger charge is -2.29. The topological polar surface area (TPSA) is 147 Å². The molecule has 4 heterocycles. The van der Waals surface area contributed by atoms with Crippen molar-refractivity contribution in [2.75, 3.05) is 13.7 Å². The van der Waals surface area contributed by atoms with Crippen LogP contribution in [0.4, 0.5) is 13.6 Å². The molecule has 1 unspecified atom stereocenters. The average Bonchev–Trinajstić information content (AvgIpc) is 3.58. The smallest absolute Gasteiger partial charge is 0.322 e. The van der Waals surface area contributed by atoms with Gasteiger partial charge < -0.3 is 24.7 Å². The van der Waals surface area contributed by atoms with Gasteiger partial charge in [-0.25, -0.2) is 13.6 Å². The number of halogens is 2. The molecule has 1 aromatic heterocycles. The zero-order chi connectivity index (χ0) is 27.9. The number of furan rings is 1. The molecule has 39 heavy (non-hydrogen) atoms. The molecule has 5 amide bonds. The minimum absolute atomic E-state index is 0.00763. The molecule has 0 spiro atoms. The van der Waals surface area contributed by atoms with Crippen molar-refractivity contribution in [1.29, 1.82) is 0 Å². The predicted octanol–water partition coefficient (Wildman–Crippen LogP) is 1.71. The van der Waals surface area contributed by atoms with E-state index < -0.39 is 65.2 Å². The van der Waals surface area contributed by atoms with E-state index in [4.69, 9.17) is 9.15 Å². The number of urea groups is 1. The van der Waals surface area contributed by atoms with Crippen LogP contribution in [0.15, 0.2) is 34.7 Å². The Kier molecular flexibility index (Phi) is 5.09. The van der Waals surface area contributed by atoms with Crippen molar-refractivity contribution >= 4 is 40.5 Å². The van der Waals surface area contributed by atoms with Gasteiger partial charge in [0, 0.05) is 23.6 Å². The number of rotatable bonds is 5. The van der Waals surface area contributed by atoms with Crippen molar-refractivity contribution in [2.24, 2.45) is 0 Å². The lowest BCUT2D eigenvalue weighted by molar-refractivity contribution is -0.125. The molecule has 0 saturated carbocycles. The first-order valence-corrected chi connectivity index (χ1v) is 11.8. The average molecular weight is 538 g/mol. The third kappa shape index (κ3) is 3.42. The van der Waals surface area contributed by atoms with E-state index in [0.29, 0.717) is 5.56 Å². The van der Waals surface area contributed by atoms with Crippen LogP contribution in [0.5, 0.6) is 5.75 Å². The minimum Gasteiger partial charge on any atom is -0.494 e. The SMILES string of the molecule is COc1ccc2c(c1F)C(=O)N(CC1(c3cc4cc([C@@]5(C)NC(=O)CC5=O)c(F)cc4o3)NC(=O)NC1=O)C2. The van der Waals surface area contributed by atoms with Gasteiger partial charge in [-0.1, -0.05) is 6.07 Å². The Morgan fingerprint density at radius 2 is 1.85 bits per heavy atom. The molecule has 0 radical (unpaired) electrons. The van der Waals surface area contributed by atoms with Crippen LogP contribution in [0, 0.1) is 11.6 Å². The quantitative estimate of drug-likeness (QED) is 0.331. The van der Waals surface area contributed by atoms with Crippen molar-refractivity contribution < 1.29 is 41.9 Å². The molecular weight excluding hydrogens is 518 g/mol. The van der Waals surface area contributed by atoms with E-state index >= 15 is 4.39 Å². The largest absolute Gasteiger partial charge is 0.494 e. The third-order valence-corrected chi connectivity index (χ3v) is 7.48. The second kappa shape index (κ2) is 8.09. The van der Waals surface area contributed by atoms with E-state index in [0.717, 1.165) is 6.07 Å². The van der Waals surface area contributed by atoms with Gasteiger partial charge >= 0.3 is 6.03 Å². The lowest BCUT2D eigenvalue weighted by Crippen LogP contribution is -2.52.